The van der Waals surface area contributed by atoms with Crippen LogP contribution in [0.4, 0.5) is 13.2 Å². The van der Waals surface area contributed by atoms with E-state index in [0.29, 0.717) is 5.25 Å². The van der Waals surface area contributed by atoms with Crippen LogP contribution < -0.4 is 5.32 Å². The molecule has 1 rings (SSSR count). The quantitative estimate of drug-likeness (QED) is 0.710. The number of nitrogens with one attached hydrogen (secondary N) is 1. The van der Waals surface area contributed by atoms with Crippen LogP contribution in [0.5, 0.6) is 0 Å². The van der Waals surface area contributed by atoms with Crippen LogP contribution >= 0.6 is 11.8 Å². The predicted octanol–water partition coefficient (Wildman–Crippen LogP) is 4.37. The van der Waals surface area contributed by atoms with Crippen molar-refractivity contribution in [3.8, 4) is 0 Å². The second-order valence-corrected chi connectivity index (χ2v) is 6.38. The molecule has 1 unspecified atom stereocenters. The minimum atomic E-state index is -4.02. The SMILES string of the molecule is CCCNC(CCC(F)(F)F)CSC1CCCC1. The Kier molecular flexibility index (Phi) is 7.46. The van der Waals surface area contributed by atoms with Crippen LogP contribution in [-0.4, -0.2) is 29.8 Å². The summed E-state index contributed by atoms with van der Waals surface area (Å²) in [5, 5.41) is 3.93. The molecule has 0 amide bonds. The number of thioether (sulfide) groups is 1. The maximum Gasteiger partial charge on any atom is 0.389 e. The molecule has 1 saturated carbocycles. The molecule has 1 N–H and O–H groups in total. The minimum absolute atomic E-state index is 0.0113. The fraction of sp³-hybridized carbons (Fsp3) is 1.00. The lowest BCUT2D eigenvalue weighted by Gasteiger charge is -2.20. The molecule has 1 atom stereocenters. The zero-order valence-electron chi connectivity index (χ0n) is 11.1. The van der Waals surface area contributed by atoms with E-state index in [0.717, 1.165) is 18.7 Å². The third-order valence-electron chi connectivity index (χ3n) is 3.29. The van der Waals surface area contributed by atoms with Gasteiger partial charge in [0.2, 0.25) is 0 Å². The molecule has 1 fully saturated rings. The molecule has 0 spiro atoms. The lowest BCUT2D eigenvalue weighted by Crippen LogP contribution is -2.33. The van der Waals surface area contributed by atoms with Crippen molar-refractivity contribution in [3.05, 3.63) is 0 Å². The third-order valence-corrected chi connectivity index (χ3v) is 4.83. The average molecular weight is 283 g/mol. The predicted molar refractivity (Wildman–Crippen MR) is 72.1 cm³/mol. The number of hydrogen-bond donors (Lipinski definition) is 1. The van der Waals surface area contributed by atoms with E-state index in [9.17, 15) is 13.2 Å². The van der Waals surface area contributed by atoms with Gasteiger partial charge in [0, 0.05) is 23.5 Å². The number of hydrogen-bond acceptors (Lipinski definition) is 2. The summed E-state index contributed by atoms with van der Waals surface area (Å²) < 4.78 is 36.7. The van der Waals surface area contributed by atoms with E-state index in [4.69, 9.17) is 0 Å². The van der Waals surface area contributed by atoms with Gasteiger partial charge < -0.3 is 5.32 Å². The molecule has 0 bridgehead atoms. The normalized spacial score (nSPS) is 19.3. The Morgan fingerprint density at radius 1 is 1.28 bits per heavy atom. The first-order chi connectivity index (χ1) is 8.51. The highest BCUT2D eigenvalue weighted by Gasteiger charge is 2.28. The van der Waals surface area contributed by atoms with Crippen LogP contribution in [0.25, 0.3) is 0 Å². The summed E-state index contributed by atoms with van der Waals surface area (Å²) in [5.41, 5.74) is 0. The van der Waals surface area contributed by atoms with Crippen molar-refractivity contribution in [3.63, 3.8) is 0 Å². The Morgan fingerprint density at radius 2 is 1.94 bits per heavy atom. The fourth-order valence-corrected chi connectivity index (χ4v) is 3.69. The summed E-state index contributed by atoms with van der Waals surface area (Å²) in [4.78, 5) is 0. The van der Waals surface area contributed by atoms with Gasteiger partial charge in [0.25, 0.3) is 0 Å². The molecule has 1 aliphatic carbocycles. The zero-order valence-corrected chi connectivity index (χ0v) is 11.9. The molecule has 0 saturated heterocycles. The Labute approximate surface area is 112 Å². The second-order valence-electron chi connectivity index (χ2n) is 5.04. The Morgan fingerprint density at radius 3 is 2.50 bits per heavy atom. The van der Waals surface area contributed by atoms with Crippen LogP contribution in [0.15, 0.2) is 0 Å². The van der Waals surface area contributed by atoms with Crippen molar-refractivity contribution in [1.82, 2.24) is 5.32 Å². The summed E-state index contributed by atoms with van der Waals surface area (Å²) in [6, 6.07) is 0.0113. The van der Waals surface area contributed by atoms with Gasteiger partial charge in [0.1, 0.15) is 0 Å². The van der Waals surface area contributed by atoms with Crippen LogP contribution in [-0.2, 0) is 0 Å². The molecule has 0 aromatic heterocycles. The first-order valence-electron chi connectivity index (χ1n) is 6.93. The van der Waals surface area contributed by atoms with Crippen molar-refractivity contribution in [2.75, 3.05) is 12.3 Å². The van der Waals surface area contributed by atoms with Crippen molar-refractivity contribution >= 4 is 11.8 Å². The van der Waals surface area contributed by atoms with Crippen LogP contribution in [0.1, 0.15) is 51.9 Å². The molecule has 0 aromatic rings. The molecule has 18 heavy (non-hydrogen) atoms. The summed E-state index contributed by atoms with van der Waals surface area (Å²) in [6.07, 6.45) is 1.54. The van der Waals surface area contributed by atoms with Gasteiger partial charge in [-0.05, 0) is 32.2 Å². The Hall–Kier alpha value is 0.100. The van der Waals surface area contributed by atoms with Gasteiger partial charge in [-0.2, -0.15) is 24.9 Å². The zero-order chi connectivity index (χ0) is 13.4. The summed E-state index contributed by atoms with van der Waals surface area (Å²) in [7, 11) is 0. The van der Waals surface area contributed by atoms with Gasteiger partial charge >= 0.3 is 6.18 Å². The van der Waals surface area contributed by atoms with Crippen LogP contribution in [0, 0.1) is 0 Å². The summed E-state index contributed by atoms with van der Waals surface area (Å²) >= 11 is 1.86. The maximum absolute atomic E-state index is 12.2. The largest absolute Gasteiger partial charge is 0.389 e. The number of halogens is 3. The molecular weight excluding hydrogens is 259 g/mol. The van der Waals surface area contributed by atoms with Crippen molar-refractivity contribution in [2.45, 2.75) is 69.3 Å². The first kappa shape index (κ1) is 16.2. The molecule has 0 heterocycles. The number of rotatable bonds is 8. The van der Waals surface area contributed by atoms with E-state index in [1.165, 1.54) is 25.7 Å². The van der Waals surface area contributed by atoms with E-state index in [1.807, 2.05) is 18.7 Å². The molecule has 0 radical (unpaired) electrons. The fourth-order valence-electron chi connectivity index (χ4n) is 2.24. The van der Waals surface area contributed by atoms with Gasteiger partial charge in [-0.1, -0.05) is 19.8 Å². The molecule has 1 aliphatic rings. The van der Waals surface area contributed by atoms with Crippen molar-refractivity contribution < 1.29 is 13.2 Å². The highest BCUT2D eigenvalue weighted by atomic mass is 32.2. The topological polar surface area (TPSA) is 12.0 Å². The van der Waals surface area contributed by atoms with E-state index in [2.05, 4.69) is 5.32 Å². The van der Waals surface area contributed by atoms with E-state index in [1.54, 1.807) is 0 Å². The minimum Gasteiger partial charge on any atom is -0.313 e. The summed E-state index contributed by atoms with van der Waals surface area (Å²) in [5.74, 6) is 0.820. The van der Waals surface area contributed by atoms with Crippen molar-refractivity contribution in [1.29, 1.82) is 0 Å². The van der Waals surface area contributed by atoms with E-state index >= 15 is 0 Å². The van der Waals surface area contributed by atoms with Gasteiger partial charge in [0.05, 0.1) is 0 Å². The smallest absolute Gasteiger partial charge is 0.313 e. The molecule has 1 nitrogen and oxygen atoms in total. The molecule has 0 aliphatic heterocycles. The molecule has 108 valence electrons. The van der Waals surface area contributed by atoms with Gasteiger partial charge in [-0.3, -0.25) is 0 Å². The molecular formula is C13H24F3NS. The van der Waals surface area contributed by atoms with E-state index in [-0.39, 0.29) is 12.5 Å². The van der Waals surface area contributed by atoms with Gasteiger partial charge in [-0.15, -0.1) is 0 Å². The van der Waals surface area contributed by atoms with Gasteiger partial charge in [-0.25, -0.2) is 0 Å². The van der Waals surface area contributed by atoms with Gasteiger partial charge in [0.15, 0.2) is 0 Å². The number of alkyl halides is 3. The Balaban J connectivity index is 2.24. The maximum atomic E-state index is 12.2. The molecule has 5 heteroatoms. The standard InChI is InChI=1S/C13H24F3NS/c1-2-9-17-11(7-8-13(14,15)16)10-18-12-5-3-4-6-12/h11-12,17H,2-10H2,1H3. The monoisotopic (exact) mass is 283 g/mol. The summed E-state index contributed by atoms with van der Waals surface area (Å²) in [6.45, 7) is 2.85. The molecule has 0 aromatic carbocycles. The van der Waals surface area contributed by atoms with Crippen molar-refractivity contribution in [2.24, 2.45) is 0 Å². The second kappa shape index (κ2) is 8.31. The van der Waals surface area contributed by atoms with Crippen LogP contribution in [0.2, 0.25) is 0 Å². The third kappa shape index (κ3) is 7.52. The lowest BCUT2D eigenvalue weighted by molar-refractivity contribution is -0.136. The van der Waals surface area contributed by atoms with E-state index < -0.39 is 12.6 Å². The average Bonchev–Trinajstić information content (AvgIpc) is 2.79. The first-order valence-corrected chi connectivity index (χ1v) is 7.98. The lowest BCUT2D eigenvalue weighted by atomic mass is 10.2. The highest BCUT2D eigenvalue weighted by molar-refractivity contribution is 7.99. The van der Waals surface area contributed by atoms with Crippen LogP contribution in [0.3, 0.4) is 0 Å². The highest BCUT2D eigenvalue weighted by Crippen LogP contribution is 2.31. The Bertz CT molecular complexity index is 215.